The van der Waals surface area contributed by atoms with Gasteiger partial charge in [0.2, 0.25) is 10.0 Å². The highest BCUT2D eigenvalue weighted by Crippen LogP contribution is 2.22. The van der Waals surface area contributed by atoms with Crippen molar-refractivity contribution >= 4 is 15.7 Å². The quantitative estimate of drug-likeness (QED) is 0.648. The van der Waals surface area contributed by atoms with Crippen LogP contribution >= 0.6 is 0 Å². The summed E-state index contributed by atoms with van der Waals surface area (Å²) in [6.45, 7) is 4.21. The third-order valence-corrected chi connectivity index (χ3v) is 5.56. The number of nitrogens with one attached hydrogen (secondary N) is 1. The molecule has 1 aliphatic carbocycles. The molecule has 0 spiro atoms. The van der Waals surface area contributed by atoms with Gasteiger partial charge >= 0.3 is 0 Å². The Labute approximate surface area is 127 Å². The number of benzene rings is 1. The van der Waals surface area contributed by atoms with Gasteiger partial charge in [0.1, 0.15) is 0 Å². The Kier molecular flexibility index (Phi) is 5.06. The Bertz CT molecular complexity index is 625. The summed E-state index contributed by atoms with van der Waals surface area (Å²) in [4.78, 5) is 0.251. The highest BCUT2D eigenvalue weighted by Gasteiger charge is 2.16. The largest absolute Gasteiger partial charge is 0.398 e. The number of allylic oxidation sites excluding steroid dienone is 1. The number of nitrogens with two attached hydrogens (primary N) is 1. The van der Waals surface area contributed by atoms with Crippen molar-refractivity contribution in [2.75, 3.05) is 12.3 Å². The first kappa shape index (κ1) is 16.0. The van der Waals surface area contributed by atoms with Gasteiger partial charge in [-0.05, 0) is 69.2 Å². The lowest BCUT2D eigenvalue weighted by Gasteiger charge is -2.14. The first-order chi connectivity index (χ1) is 9.90. The highest BCUT2D eigenvalue weighted by atomic mass is 32.2. The maximum Gasteiger partial charge on any atom is 0.240 e. The lowest BCUT2D eigenvalue weighted by molar-refractivity contribution is 0.579. The van der Waals surface area contributed by atoms with Crippen LogP contribution in [-0.4, -0.2) is 15.0 Å². The number of rotatable bonds is 5. The normalized spacial score (nSPS) is 15.8. The first-order valence-electron chi connectivity index (χ1n) is 7.44. The molecule has 0 amide bonds. The topological polar surface area (TPSA) is 72.2 Å². The van der Waals surface area contributed by atoms with E-state index in [1.165, 1.54) is 24.5 Å². The SMILES string of the molecule is Cc1cc(S(=O)(=O)NCCC2=CCCCC2)cc(N)c1C. The minimum Gasteiger partial charge on any atom is -0.398 e. The van der Waals surface area contributed by atoms with Crippen molar-refractivity contribution in [3.05, 3.63) is 34.9 Å². The Balaban J connectivity index is 2.03. The zero-order valence-electron chi connectivity index (χ0n) is 12.8. The molecule has 5 heteroatoms. The number of aryl methyl sites for hydroxylation is 1. The van der Waals surface area contributed by atoms with Crippen LogP contribution in [0, 0.1) is 13.8 Å². The lowest BCUT2D eigenvalue weighted by atomic mass is 9.97. The van der Waals surface area contributed by atoms with E-state index in [-0.39, 0.29) is 4.90 Å². The highest BCUT2D eigenvalue weighted by molar-refractivity contribution is 7.89. The van der Waals surface area contributed by atoms with E-state index in [0.29, 0.717) is 12.2 Å². The zero-order valence-corrected chi connectivity index (χ0v) is 13.6. The third kappa shape index (κ3) is 4.08. The standard InChI is InChI=1S/C16H24N2O2S/c1-12-10-15(11-16(17)13(12)2)21(19,20)18-9-8-14-6-4-3-5-7-14/h6,10-11,18H,3-5,7-9,17H2,1-2H3. The maximum atomic E-state index is 12.3. The summed E-state index contributed by atoms with van der Waals surface area (Å²) in [7, 11) is -3.48. The van der Waals surface area contributed by atoms with Crippen LogP contribution in [0.1, 0.15) is 43.2 Å². The second-order valence-electron chi connectivity index (χ2n) is 5.71. The van der Waals surface area contributed by atoms with Gasteiger partial charge in [0.05, 0.1) is 4.90 Å². The fourth-order valence-corrected chi connectivity index (χ4v) is 3.72. The number of hydrogen-bond acceptors (Lipinski definition) is 3. The molecule has 21 heavy (non-hydrogen) atoms. The van der Waals surface area contributed by atoms with Crippen LogP contribution in [0.15, 0.2) is 28.7 Å². The van der Waals surface area contributed by atoms with Crippen molar-refractivity contribution in [2.24, 2.45) is 0 Å². The Morgan fingerprint density at radius 2 is 2.00 bits per heavy atom. The minimum absolute atomic E-state index is 0.251. The van der Waals surface area contributed by atoms with E-state index in [4.69, 9.17) is 5.73 Å². The van der Waals surface area contributed by atoms with E-state index < -0.39 is 10.0 Å². The van der Waals surface area contributed by atoms with Gasteiger partial charge in [-0.1, -0.05) is 11.6 Å². The average Bonchev–Trinajstić information content (AvgIpc) is 2.45. The molecule has 0 fully saturated rings. The molecule has 1 aromatic rings. The number of sulfonamides is 1. The van der Waals surface area contributed by atoms with Crippen molar-refractivity contribution in [2.45, 2.75) is 50.8 Å². The van der Waals surface area contributed by atoms with E-state index in [1.54, 1.807) is 6.07 Å². The van der Waals surface area contributed by atoms with Gasteiger partial charge in [-0.15, -0.1) is 0 Å². The zero-order chi connectivity index (χ0) is 15.5. The summed E-state index contributed by atoms with van der Waals surface area (Å²) in [5.41, 5.74) is 9.57. The molecule has 3 N–H and O–H groups in total. The number of hydrogen-bond donors (Lipinski definition) is 2. The molecule has 0 unspecified atom stereocenters. The van der Waals surface area contributed by atoms with Gasteiger partial charge in [0.25, 0.3) is 0 Å². The predicted molar refractivity (Wildman–Crippen MR) is 86.7 cm³/mol. The van der Waals surface area contributed by atoms with Crippen molar-refractivity contribution in [3.8, 4) is 0 Å². The van der Waals surface area contributed by atoms with Crippen LogP contribution in [0.5, 0.6) is 0 Å². The van der Waals surface area contributed by atoms with Crippen molar-refractivity contribution in [1.29, 1.82) is 0 Å². The second kappa shape index (κ2) is 6.62. The van der Waals surface area contributed by atoms with Gasteiger partial charge in [-0.3, -0.25) is 0 Å². The average molecular weight is 308 g/mol. The van der Waals surface area contributed by atoms with Gasteiger partial charge < -0.3 is 5.73 Å². The van der Waals surface area contributed by atoms with E-state index in [0.717, 1.165) is 30.4 Å². The van der Waals surface area contributed by atoms with E-state index in [1.807, 2.05) is 13.8 Å². The van der Waals surface area contributed by atoms with Crippen LogP contribution in [0.25, 0.3) is 0 Å². The van der Waals surface area contributed by atoms with Crippen LogP contribution in [-0.2, 0) is 10.0 Å². The Hall–Kier alpha value is -1.33. The fourth-order valence-electron chi connectivity index (χ4n) is 2.57. The van der Waals surface area contributed by atoms with Crippen molar-refractivity contribution in [1.82, 2.24) is 4.72 Å². The van der Waals surface area contributed by atoms with Crippen molar-refractivity contribution in [3.63, 3.8) is 0 Å². The maximum absolute atomic E-state index is 12.3. The predicted octanol–water partition coefficient (Wildman–Crippen LogP) is 3.05. The number of nitrogen functional groups attached to an aromatic ring is 1. The fraction of sp³-hybridized carbons (Fsp3) is 0.500. The summed E-state index contributed by atoms with van der Waals surface area (Å²) in [5.74, 6) is 0. The Morgan fingerprint density at radius 3 is 2.62 bits per heavy atom. The van der Waals surface area contributed by atoms with Crippen LogP contribution in [0.2, 0.25) is 0 Å². The third-order valence-electron chi connectivity index (χ3n) is 4.11. The van der Waals surface area contributed by atoms with E-state index in [9.17, 15) is 8.42 Å². The molecular formula is C16H24N2O2S. The van der Waals surface area contributed by atoms with Crippen molar-refractivity contribution < 1.29 is 8.42 Å². The molecular weight excluding hydrogens is 284 g/mol. The molecule has 0 atom stereocenters. The molecule has 0 bridgehead atoms. The minimum atomic E-state index is -3.48. The summed E-state index contributed by atoms with van der Waals surface area (Å²) in [6, 6.07) is 3.21. The first-order valence-corrected chi connectivity index (χ1v) is 8.93. The van der Waals surface area contributed by atoms with Crippen LogP contribution in [0.3, 0.4) is 0 Å². The summed E-state index contributed by atoms with van der Waals surface area (Å²) < 4.78 is 27.3. The molecule has 0 aromatic heterocycles. The van der Waals surface area contributed by atoms with E-state index >= 15 is 0 Å². The molecule has 0 saturated carbocycles. The second-order valence-corrected chi connectivity index (χ2v) is 7.48. The number of anilines is 1. The molecule has 116 valence electrons. The monoisotopic (exact) mass is 308 g/mol. The molecule has 1 aliphatic rings. The van der Waals surface area contributed by atoms with Gasteiger partial charge in [0.15, 0.2) is 0 Å². The van der Waals surface area contributed by atoms with Gasteiger partial charge in [0, 0.05) is 12.2 Å². The van der Waals surface area contributed by atoms with Gasteiger partial charge in [-0.2, -0.15) is 0 Å². The summed E-state index contributed by atoms with van der Waals surface area (Å²) in [6.07, 6.45) is 7.71. The van der Waals surface area contributed by atoms with Gasteiger partial charge in [-0.25, -0.2) is 13.1 Å². The molecule has 1 aromatic carbocycles. The summed E-state index contributed by atoms with van der Waals surface area (Å²) in [5, 5.41) is 0. The van der Waals surface area contributed by atoms with E-state index in [2.05, 4.69) is 10.8 Å². The molecule has 0 aliphatic heterocycles. The lowest BCUT2D eigenvalue weighted by Crippen LogP contribution is -2.25. The van der Waals surface area contributed by atoms with Crippen LogP contribution in [0.4, 0.5) is 5.69 Å². The van der Waals surface area contributed by atoms with Crippen LogP contribution < -0.4 is 10.5 Å². The molecule has 2 rings (SSSR count). The summed E-state index contributed by atoms with van der Waals surface area (Å²) >= 11 is 0. The smallest absolute Gasteiger partial charge is 0.240 e. The molecule has 0 saturated heterocycles. The molecule has 4 nitrogen and oxygen atoms in total. The molecule has 0 heterocycles. The Morgan fingerprint density at radius 1 is 1.24 bits per heavy atom. The molecule has 0 radical (unpaired) electrons.